The second kappa shape index (κ2) is 8.46. The van der Waals surface area contributed by atoms with Gasteiger partial charge in [0, 0.05) is 6.54 Å². The van der Waals surface area contributed by atoms with E-state index in [0.717, 1.165) is 38.0 Å². The SMILES string of the molecule is CC[C@@H](C)CN1CCC([C@]2(CC)NC(=O)N(Cc3ccc4c(c3)OCO4)C2=O)CC1. The van der Waals surface area contributed by atoms with Crippen molar-refractivity contribution in [1.29, 1.82) is 0 Å². The van der Waals surface area contributed by atoms with Gasteiger partial charge >= 0.3 is 6.03 Å². The van der Waals surface area contributed by atoms with Crippen LogP contribution in [0.25, 0.3) is 0 Å². The van der Waals surface area contributed by atoms with Crippen LogP contribution in [0.4, 0.5) is 4.79 Å². The van der Waals surface area contributed by atoms with E-state index in [0.29, 0.717) is 23.8 Å². The molecule has 1 aromatic carbocycles. The van der Waals surface area contributed by atoms with Gasteiger partial charge in [0.05, 0.1) is 6.54 Å². The number of urea groups is 1. The highest BCUT2D eigenvalue weighted by atomic mass is 16.7. The number of imide groups is 1. The van der Waals surface area contributed by atoms with Gasteiger partial charge in [0.2, 0.25) is 6.79 Å². The smallest absolute Gasteiger partial charge is 0.325 e. The molecule has 1 aromatic rings. The maximum Gasteiger partial charge on any atom is 0.325 e. The molecule has 2 saturated heterocycles. The van der Waals surface area contributed by atoms with Crippen LogP contribution in [0, 0.1) is 11.8 Å². The summed E-state index contributed by atoms with van der Waals surface area (Å²) in [7, 11) is 0. The molecule has 3 heterocycles. The summed E-state index contributed by atoms with van der Waals surface area (Å²) < 4.78 is 10.8. The van der Waals surface area contributed by atoms with Gasteiger partial charge in [-0.3, -0.25) is 9.69 Å². The Morgan fingerprint density at radius 2 is 1.90 bits per heavy atom. The van der Waals surface area contributed by atoms with Crippen LogP contribution >= 0.6 is 0 Å². The average molecular weight is 416 g/mol. The van der Waals surface area contributed by atoms with Gasteiger partial charge in [-0.05, 0) is 61.9 Å². The molecule has 3 amide bonds. The molecule has 7 heteroatoms. The number of carbonyl (C=O) groups excluding carboxylic acids is 2. The molecule has 1 N–H and O–H groups in total. The molecule has 0 aromatic heterocycles. The lowest BCUT2D eigenvalue weighted by molar-refractivity contribution is -0.134. The van der Waals surface area contributed by atoms with Gasteiger partial charge in [0.1, 0.15) is 5.54 Å². The molecule has 3 aliphatic rings. The highest BCUT2D eigenvalue weighted by molar-refractivity contribution is 6.07. The summed E-state index contributed by atoms with van der Waals surface area (Å²) in [5.74, 6) is 2.13. The predicted octanol–water partition coefficient (Wildman–Crippen LogP) is 3.37. The number of nitrogens with one attached hydrogen (secondary N) is 1. The molecular formula is C23H33N3O4. The van der Waals surface area contributed by atoms with E-state index in [2.05, 4.69) is 24.1 Å². The third kappa shape index (κ3) is 3.75. The highest BCUT2D eigenvalue weighted by Crippen LogP contribution is 2.38. The standard InChI is InChI=1S/C23H33N3O4/c1-4-16(3)13-25-10-8-18(9-11-25)23(5-2)21(27)26(22(28)24-23)14-17-6-7-19-20(12-17)30-15-29-19/h6-7,12,16,18H,4-5,8-11,13-15H2,1-3H3,(H,24,28)/t16-,23+/m1/s1. The zero-order valence-corrected chi connectivity index (χ0v) is 18.3. The van der Waals surface area contributed by atoms with Gasteiger partial charge in [-0.15, -0.1) is 0 Å². The number of benzene rings is 1. The van der Waals surface area contributed by atoms with E-state index < -0.39 is 5.54 Å². The van der Waals surface area contributed by atoms with Crippen LogP contribution in [0.3, 0.4) is 0 Å². The van der Waals surface area contributed by atoms with Crippen molar-refractivity contribution < 1.29 is 19.1 Å². The zero-order chi connectivity index (χ0) is 21.3. The first-order chi connectivity index (χ1) is 14.5. The Morgan fingerprint density at radius 3 is 2.60 bits per heavy atom. The number of fused-ring (bicyclic) bond motifs is 1. The lowest BCUT2D eigenvalue weighted by Gasteiger charge is -2.41. The molecule has 0 saturated carbocycles. The second-order valence-electron chi connectivity index (χ2n) is 8.92. The van der Waals surface area contributed by atoms with Crippen LogP contribution in [-0.4, -0.2) is 53.7 Å². The quantitative estimate of drug-likeness (QED) is 0.692. The van der Waals surface area contributed by atoms with Gasteiger partial charge in [-0.25, -0.2) is 4.79 Å². The summed E-state index contributed by atoms with van der Waals surface area (Å²) in [5.41, 5.74) is 0.0774. The molecule has 164 valence electrons. The van der Waals surface area contributed by atoms with Crippen LogP contribution in [0.2, 0.25) is 0 Å². The third-order valence-electron chi connectivity index (χ3n) is 7.09. The van der Waals surface area contributed by atoms with E-state index in [1.54, 1.807) is 0 Å². The molecule has 0 radical (unpaired) electrons. The fourth-order valence-corrected chi connectivity index (χ4v) is 4.99. The summed E-state index contributed by atoms with van der Waals surface area (Å²) in [4.78, 5) is 30.2. The fourth-order valence-electron chi connectivity index (χ4n) is 4.99. The number of piperidine rings is 1. The van der Waals surface area contributed by atoms with Crippen LogP contribution in [0.1, 0.15) is 52.0 Å². The average Bonchev–Trinajstić information content (AvgIpc) is 3.32. The van der Waals surface area contributed by atoms with Crippen molar-refractivity contribution in [1.82, 2.24) is 15.1 Å². The van der Waals surface area contributed by atoms with Crippen molar-refractivity contribution >= 4 is 11.9 Å². The zero-order valence-electron chi connectivity index (χ0n) is 18.3. The molecule has 0 bridgehead atoms. The van der Waals surface area contributed by atoms with Gasteiger partial charge in [-0.2, -0.15) is 0 Å². The number of likely N-dealkylation sites (tertiary alicyclic amines) is 1. The molecule has 0 aliphatic carbocycles. The normalized spacial score (nSPS) is 25.6. The largest absolute Gasteiger partial charge is 0.454 e. The maximum atomic E-state index is 13.5. The minimum absolute atomic E-state index is 0.0898. The van der Waals surface area contributed by atoms with E-state index in [9.17, 15) is 9.59 Å². The van der Waals surface area contributed by atoms with Crippen LogP contribution in [0.5, 0.6) is 11.5 Å². The van der Waals surface area contributed by atoms with Crippen LogP contribution < -0.4 is 14.8 Å². The summed E-state index contributed by atoms with van der Waals surface area (Å²) in [5, 5.41) is 3.09. The van der Waals surface area contributed by atoms with Gasteiger partial charge in [0.15, 0.2) is 11.5 Å². The highest BCUT2D eigenvalue weighted by Gasteiger charge is 2.54. The Labute approximate surface area is 178 Å². The summed E-state index contributed by atoms with van der Waals surface area (Å²) in [6, 6.07) is 5.27. The topological polar surface area (TPSA) is 71.1 Å². The van der Waals surface area contributed by atoms with Crippen molar-refractivity contribution in [2.24, 2.45) is 11.8 Å². The Bertz CT molecular complexity index is 806. The Hall–Kier alpha value is -2.28. The first-order valence-electron chi connectivity index (χ1n) is 11.2. The number of ether oxygens (including phenoxy) is 2. The molecule has 4 rings (SSSR count). The minimum atomic E-state index is -0.782. The number of nitrogens with zero attached hydrogens (tertiary/aromatic N) is 2. The first-order valence-corrected chi connectivity index (χ1v) is 11.2. The number of rotatable bonds is 7. The molecule has 0 spiro atoms. The maximum absolute atomic E-state index is 13.5. The van der Waals surface area contributed by atoms with E-state index in [1.807, 2.05) is 25.1 Å². The predicted molar refractivity (Wildman–Crippen MR) is 113 cm³/mol. The molecule has 3 aliphatic heterocycles. The van der Waals surface area contributed by atoms with Crippen molar-refractivity contribution in [3.05, 3.63) is 23.8 Å². The van der Waals surface area contributed by atoms with Crippen LogP contribution in [0.15, 0.2) is 18.2 Å². The molecule has 30 heavy (non-hydrogen) atoms. The Kier molecular flexibility index (Phi) is 5.91. The van der Waals surface area contributed by atoms with Crippen molar-refractivity contribution in [2.45, 2.75) is 58.5 Å². The van der Waals surface area contributed by atoms with Gasteiger partial charge in [-0.1, -0.05) is 33.3 Å². The number of amides is 3. The van der Waals surface area contributed by atoms with Gasteiger partial charge in [0.25, 0.3) is 5.91 Å². The van der Waals surface area contributed by atoms with E-state index >= 15 is 0 Å². The lowest BCUT2D eigenvalue weighted by atomic mass is 9.75. The number of hydrogen-bond acceptors (Lipinski definition) is 5. The number of carbonyl (C=O) groups is 2. The first kappa shape index (κ1) is 21.0. The molecule has 0 unspecified atom stereocenters. The summed E-state index contributed by atoms with van der Waals surface area (Å²) in [6.07, 6.45) is 3.68. The summed E-state index contributed by atoms with van der Waals surface area (Å²) in [6.45, 7) is 10.1. The van der Waals surface area contributed by atoms with Crippen molar-refractivity contribution in [3.63, 3.8) is 0 Å². The summed E-state index contributed by atoms with van der Waals surface area (Å²) >= 11 is 0. The van der Waals surface area contributed by atoms with E-state index in [1.165, 1.54) is 11.3 Å². The lowest BCUT2D eigenvalue weighted by Crippen LogP contribution is -2.56. The molecule has 2 atom stereocenters. The Balaban J connectivity index is 1.45. The molecule has 7 nitrogen and oxygen atoms in total. The van der Waals surface area contributed by atoms with E-state index in [-0.39, 0.29) is 31.2 Å². The van der Waals surface area contributed by atoms with Crippen molar-refractivity contribution in [2.75, 3.05) is 26.4 Å². The van der Waals surface area contributed by atoms with Crippen LogP contribution in [-0.2, 0) is 11.3 Å². The van der Waals surface area contributed by atoms with E-state index in [4.69, 9.17) is 9.47 Å². The Morgan fingerprint density at radius 1 is 1.17 bits per heavy atom. The molecular weight excluding hydrogens is 382 g/mol. The molecule has 2 fully saturated rings. The second-order valence-corrected chi connectivity index (χ2v) is 8.92. The minimum Gasteiger partial charge on any atom is -0.454 e. The monoisotopic (exact) mass is 415 g/mol. The van der Waals surface area contributed by atoms with Crippen molar-refractivity contribution in [3.8, 4) is 11.5 Å². The van der Waals surface area contributed by atoms with Gasteiger partial charge < -0.3 is 19.7 Å². The number of hydrogen-bond donors (Lipinski definition) is 1. The fraction of sp³-hybridized carbons (Fsp3) is 0.652. The third-order valence-corrected chi connectivity index (χ3v) is 7.09.